The van der Waals surface area contributed by atoms with Crippen molar-refractivity contribution in [1.29, 1.82) is 0 Å². The van der Waals surface area contributed by atoms with E-state index in [-0.39, 0.29) is 18.4 Å². The van der Waals surface area contributed by atoms with E-state index in [0.717, 1.165) is 5.56 Å². The number of hydrogen-bond acceptors (Lipinski definition) is 3. The smallest absolute Gasteiger partial charge is 0.246 e. The summed E-state index contributed by atoms with van der Waals surface area (Å²) in [5.41, 5.74) is 3.03. The lowest BCUT2D eigenvalue weighted by Gasteiger charge is -2.15. The molecular formula is C23H22Cl2N4O2. The molecule has 1 heterocycles. The Morgan fingerprint density at radius 2 is 1.87 bits per heavy atom. The molecule has 1 N–H and O–H groups in total. The van der Waals surface area contributed by atoms with E-state index in [2.05, 4.69) is 10.4 Å². The molecular weight excluding hydrogens is 435 g/mol. The third-order valence-corrected chi connectivity index (χ3v) is 5.18. The number of rotatable bonds is 7. The van der Waals surface area contributed by atoms with Crippen LogP contribution in [0.15, 0.2) is 60.7 Å². The van der Waals surface area contributed by atoms with Crippen LogP contribution in [0, 0.1) is 6.92 Å². The lowest BCUT2D eigenvalue weighted by Crippen LogP contribution is -2.33. The second-order valence-corrected chi connectivity index (χ2v) is 7.81. The molecule has 0 saturated carbocycles. The molecule has 0 aliphatic rings. The van der Waals surface area contributed by atoms with Gasteiger partial charge in [-0.3, -0.25) is 9.59 Å². The molecule has 0 aliphatic carbocycles. The summed E-state index contributed by atoms with van der Waals surface area (Å²) in [6, 6.07) is 16.7. The number of hydrogen-bond donors (Lipinski definition) is 1. The van der Waals surface area contributed by atoms with E-state index in [0.29, 0.717) is 33.7 Å². The van der Waals surface area contributed by atoms with Gasteiger partial charge in [0.05, 0.1) is 18.8 Å². The number of carbonyl (C=O) groups is 2. The SMILES string of the molecule is Cc1nn(Cc2ccccc2)c(Cl)c1/C=C/C(=O)N(C)CC(=O)Nc1cccc(Cl)c1. The predicted octanol–water partition coefficient (Wildman–Crippen LogP) is 4.66. The Labute approximate surface area is 191 Å². The van der Waals surface area contributed by atoms with Gasteiger partial charge in [0.15, 0.2) is 0 Å². The van der Waals surface area contributed by atoms with Crippen LogP contribution in [0.4, 0.5) is 5.69 Å². The highest BCUT2D eigenvalue weighted by atomic mass is 35.5. The molecule has 0 saturated heterocycles. The molecule has 0 unspecified atom stereocenters. The number of aryl methyl sites for hydroxylation is 1. The van der Waals surface area contributed by atoms with Crippen molar-refractivity contribution in [3.8, 4) is 0 Å². The average molecular weight is 457 g/mol. The fourth-order valence-corrected chi connectivity index (χ4v) is 3.45. The largest absolute Gasteiger partial charge is 0.333 e. The molecule has 3 aromatic rings. The number of aromatic nitrogens is 2. The summed E-state index contributed by atoms with van der Waals surface area (Å²) in [5, 5.41) is 8.14. The summed E-state index contributed by atoms with van der Waals surface area (Å²) >= 11 is 12.4. The number of benzene rings is 2. The van der Waals surface area contributed by atoms with E-state index in [4.69, 9.17) is 23.2 Å². The zero-order valence-electron chi connectivity index (χ0n) is 17.2. The Hall–Kier alpha value is -3.09. The van der Waals surface area contributed by atoms with Gasteiger partial charge in [-0.2, -0.15) is 5.10 Å². The van der Waals surface area contributed by atoms with Crippen LogP contribution in [0.5, 0.6) is 0 Å². The zero-order chi connectivity index (χ0) is 22.4. The van der Waals surface area contributed by atoms with Gasteiger partial charge >= 0.3 is 0 Å². The van der Waals surface area contributed by atoms with Crippen LogP contribution in [0.1, 0.15) is 16.8 Å². The van der Waals surface area contributed by atoms with Crippen molar-refractivity contribution in [1.82, 2.24) is 14.7 Å². The van der Waals surface area contributed by atoms with Crippen LogP contribution < -0.4 is 5.32 Å². The summed E-state index contributed by atoms with van der Waals surface area (Å²) in [4.78, 5) is 26.0. The molecule has 1 aromatic heterocycles. The number of carbonyl (C=O) groups excluding carboxylic acids is 2. The Morgan fingerprint density at radius 3 is 2.58 bits per heavy atom. The monoisotopic (exact) mass is 456 g/mol. The number of halogens is 2. The predicted molar refractivity (Wildman–Crippen MR) is 124 cm³/mol. The van der Waals surface area contributed by atoms with Crippen molar-refractivity contribution < 1.29 is 9.59 Å². The number of anilines is 1. The minimum Gasteiger partial charge on any atom is -0.333 e. The van der Waals surface area contributed by atoms with Crippen molar-refractivity contribution in [2.45, 2.75) is 13.5 Å². The molecule has 8 heteroatoms. The highest BCUT2D eigenvalue weighted by molar-refractivity contribution is 6.31. The Kier molecular flexibility index (Phi) is 7.50. The molecule has 2 aromatic carbocycles. The Balaban J connectivity index is 1.61. The Bertz CT molecular complexity index is 1110. The van der Waals surface area contributed by atoms with Gasteiger partial charge < -0.3 is 10.2 Å². The summed E-state index contributed by atoms with van der Waals surface area (Å²) in [5.74, 6) is -0.649. The van der Waals surface area contributed by atoms with Gasteiger partial charge in [0, 0.05) is 29.4 Å². The van der Waals surface area contributed by atoms with Gasteiger partial charge in [-0.1, -0.05) is 59.6 Å². The lowest BCUT2D eigenvalue weighted by molar-refractivity contribution is -0.129. The molecule has 0 bridgehead atoms. The van der Waals surface area contributed by atoms with Crippen molar-refractivity contribution in [2.24, 2.45) is 0 Å². The normalized spacial score (nSPS) is 11.0. The molecule has 2 amide bonds. The van der Waals surface area contributed by atoms with E-state index >= 15 is 0 Å². The highest BCUT2D eigenvalue weighted by Crippen LogP contribution is 2.22. The van der Waals surface area contributed by atoms with Gasteiger partial charge in [-0.05, 0) is 36.8 Å². The van der Waals surface area contributed by atoms with E-state index < -0.39 is 0 Å². The van der Waals surface area contributed by atoms with Crippen LogP contribution in [-0.2, 0) is 16.1 Å². The highest BCUT2D eigenvalue weighted by Gasteiger charge is 2.14. The third kappa shape index (κ3) is 6.20. The van der Waals surface area contributed by atoms with Gasteiger partial charge in [-0.25, -0.2) is 4.68 Å². The fourth-order valence-electron chi connectivity index (χ4n) is 2.96. The summed E-state index contributed by atoms with van der Waals surface area (Å²) < 4.78 is 1.69. The van der Waals surface area contributed by atoms with Crippen molar-refractivity contribution in [3.05, 3.63) is 87.7 Å². The maximum atomic E-state index is 12.4. The van der Waals surface area contributed by atoms with Crippen LogP contribution in [0.3, 0.4) is 0 Å². The average Bonchev–Trinajstić information content (AvgIpc) is 2.99. The maximum absolute atomic E-state index is 12.4. The molecule has 160 valence electrons. The zero-order valence-corrected chi connectivity index (χ0v) is 18.7. The first-order valence-corrected chi connectivity index (χ1v) is 10.3. The van der Waals surface area contributed by atoms with E-state index in [1.165, 1.54) is 11.0 Å². The topological polar surface area (TPSA) is 67.2 Å². The summed E-state index contributed by atoms with van der Waals surface area (Å²) in [7, 11) is 1.55. The van der Waals surface area contributed by atoms with Crippen molar-refractivity contribution in [3.63, 3.8) is 0 Å². The van der Waals surface area contributed by atoms with Gasteiger partial charge in [0.2, 0.25) is 11.8 Å². The first kappa shape index (κ1) is 22.6. The van der Waals surface area contributed by atoms with Crippen LogP contribution in [0.2, 0.25) is 10.2 Å². The number of likely N-dealkylation sites (N-methyl/N-ethyl adjacent to an activating group) is 1. The maximum Gasteiger partial charge on any atom is 0.246 e. The van der Waals surface area contributed by atoms with E-state index in [1.54, 1.807) is 42.1 Å². The third-order valence-electron chi connectivity index (χ3n) is 4.54. The first-order chi connectivity index (χ1) is 14.8. The molecule has 0 aliphatic heterocycles. The standard InChI is InChI=1S/C23H22Cl2N4O2/c1-16-20(23(25)29(27-16)14-17-7-4-3-5-8-17)11-12-22(31)28(2)15-21(30)26-19-10-6-9-18(24)13-19/h3-13H,14-15H2,1-2H3,(H,26,30)/b12-11+. The molecule has 31 heavy (non-hydrogen) atoms. The second kappa shape index (κ2) is 10.3. The first-order valence-electron chi connectivity index (χ1n) is 9.59. The van der Waals surface area contributed by atoms with Crippen molar-refractivity contribution in [2.75, 3.05) is 18.9 Å². The summed E-state index contributed by atoms with van der Waals surface area (Å²) in [6.45, 7) is 2.27. The van der Waals surface area contributed by atoms with Gasteiger partial charge in [-0.15, -0.1) is 0 Å². The summed E-state index contributed by atoms with van der Waals surface area (Å²) in [6.07, 6.45) is 3.01. The van der Waals surface area contributed by atoms with Crippen LogP contribution in [0.25, 0.3) is 6.08 Å². The second-order valence-electron chi connectivity index (χ2n) is 7.02. The van der Waals surface area contributed by atoms with E-state index in [9.17, 15) is 9.59 Å². The quantitative estimate of drug-likeness (QED) is 0.525. The number of amides is 2. The molecule has 3 rings (SSSR count). The van der Waals surface area contributed by atoms with Crippen LogP contribution in [-0.4, -0.2) is 40.1 Å². The fraction of sp³-hybridized carbons (Fsp3) is 0.174. The van der Waals surface area contributed by atoms with E-state index in [1.807, 2.05) is 37.3 Å². The lowest BCUT2D eigenvalue weighted by atomic mass is 10.2. The molecule has 0 atom stereocenters. The number of nitrogens with one attached hydrogen (secondary N) is 1. The molecule has 0 radical (unpaired) electrons. The molecule has 0 spiro atoms. The minimum absolute atomic E-state index is 0.102. The molecule has 6 nitrogen and oxygen atoms in total. The van der Waals surface area contributed by atoms with Crippen LogP contribution >= 0.6 is 23.2 Å². The number of nitrogens with zero attached hydrogens (tertiary/aromatic N) is 3. The van der Waals surface area contributed by atoms with Gasteiger partial charge in [0.25, 0.3) is 0 Å². The molecule has 0 fully saturated rings. The van der Waals surface area contributed by atoms with Gasteiger partial charge in [0.1, 0.15) is 5.15 Å². The Morgan fingerprint density at radius 1 is 1.13 bits per heavy atom. The van der Waals surface area contributed by atoms with Crippen molar-refractivity contribution >= 4 is 46.8 Å². The minimum atomic E-state index is -0.326.